The topological polar surface area (TPSA) is 114 Å². The molecular weight excluding hydrogens is 585 g/mol. The van der Waals surface area contributed by atoms with Crippen LogP contribution in [0.5, 0.6) is 6.01 Å². The number of fused-ring (bicyclic) bond motifs is 4. The third-order valence-electron chi connectivity index (χ3n) is 10.2. The number of ether oxygens (including phenoxy) is 1. The van der Waals surface area contributed by atoms with E-state index in [-0.39, 0.29) is 51.6 Å². The van der Waals surface area contributed by atoms with Gasteiger partial charge < -0.3 is 19.9 Å². The van der Waals surface area contributed by atoms with Gasteiger partial charge in [0.1, 0.15) is 23.6 Å². The molecule has 2 unspecified atom stereocenters. The lowest BCUT2D eigenvalue weighted by molar-refractivity contribution is 0.102. The number of nitrogens with one attached hydrogen (secondary N) is 1. The summed E-state index contributed by atoms with van der Waals surface area (Å²) < 4.78 is 54.7. The van der Waals surface area contributed by atoms with Crippen molar-refractivity contribution < 1.29 is 17.9 Å². The fourth-order valence-electron chi connectivity index (χ4n) is 8.00. The molecule has 10 nitrogen and oxygen atoms in total. The number of aryl methyl sites for hydroxylation is 2. The number of aromatic nitrogens is 4. The van der Waals surface area contributed by atoms with Crippen molar-refractivity contribution in [2.24, 2.45) is 7.05 Å². The summed E-state index contributed by atoms with van der Waals surface area (Å²) in [4.78, 5) is 31.5. The van der Waals surface area contributed by atoms with Crippen molar-refractivity contribution in [3.05, 3.63) is 46.3 Å². The Hall–Kier alpha value is -3.97. The van der Waals surface area contributed by atoms with Gasteiger partial charge in [-0.05, 0) is 81.6 Å². The molecule has 0 saturated carbocycles. The van der Waals surface area contributed by atoms with Crippen LogP contribution < -0.4 is 26.2 Å². The molecule has 1 aromatic carbocycles. The molecule has 236 valence electrons. The fraction of sp³-hybridized carbons (Fsp3) is 0.500. The maximum Gasteiger partial charge on any atom is 0.319 e. The van der Waals surface area contributed by atoms with Crippen molar-refractivity contribution >= 4 is 33.2 Å². The number of rotatable bonds is 4. The van der Waals surface area contributed by atoms with Gasteiger partial charge in [0.2, 0.25) is 0 Å². The van der Waals surface area contributed by atoms with Crippen LogP contribution in [-0.4, -0.2) is 74.8 Å². The number of benzene rings is 1. The first-order chi connectivity index (χ1) is 21.7. The van der Waals surface area contributed by atoms with Crippen LogP contribution in [0.25, 0.3) is 32.9 Å². The molecule has 3 saturated heterocycles. The van der Waals surface area contributed by atoms with Gasteiger partial charge in [-0.15, -0.1) is 0 Å². The van der Waals surface area contributed by atoms with E-state index in [1.165, 1.54) is 4.57 Å². The monoisotopic (exact) mass is 620 g/mol. The minimum Gasteiger partial charge on any atom is -0.461 e. The van der Waals surface area contributed by atoms with E-state index < -0.39 is 24.5 Å². The lowest BCUT2D eigenvalue weighted by Gasteiger charge is -2.42. The van der Waals surface area contributed by atoms with Gasteiger partial charge in [-0.3, -0.25) is 15.0 Å². The molecule has 8 rings (SSSR count). The van der Waals surface area contributed by atoms with Gasteiger partial charge in [0.25, 0.3) is 5.56 Å². The summed E-state index contributed by atoms with van der Waals surface area (Å²) in [5.74, 6) is -0.567. The maximum absolute atomic E-state index is 17.0. The summed E-state index contributed by atoms with van der Waals surface area (Å²) in [6, 6.07) is 4.21. The Morgan fingerprint density at radius 1 is 1.11 bits per heavy atom. The number of pyridine rings is 2. The first kappa shape index (κ1) is 28.5. The van der Waals surface area contributed by atoms with E-state index in [9.17, 15) is 9.18 Å². The zero-order valence-electron chi connectivity index (χ0n) is 25.0. The predicted octanol–water partition coefficient (Wildman–Crippen LogP) is 3.98. The molecule has 4 aliphatic heterocycles. The van der Waals surface area contributed by atoms with E-state index in [0.29, 0.717) is 48.0 Å². The summed E-state index contributed by atoms with van der Waals surface area (Å²) in [6.45, 7) is 2.17. The second kappa shape index (κ2) is 10.5. The van der Waals surface area contributed by atoms with Crippen LogP contribution >= 0.6 is 0 Å². The quantitative estimate of drug-likeness (QED) is 0.258. The zero-order valence-corrected chi connectivity index (χ0v) is 25.0. The van der Waals surface area contributed by atoms with E-state index in [1.54, 1.807) is 36.3 Å². The van der Waals surface area contributed by atoms with E-state index in [0.717, 1.165) is 38.8 Å². The lowest BCUT2D eigenvalue weighted by atomic mass is 9.95. The Bertz CT molecular complexity index is 1890. The second-order valence-corrected chi connectivity index (χ2v) is 12.9. The number of hydrogen-bond acceptors (Lipinski definition) is 9. The molecule has 0 amide bonds. The Balaban J connectivity index is 1.35. The number of piperazine rings is 1. The summed E-state index contributed by atoms with van der Waals surface area (Å²) in [5, 5.41) is 3.52. The highest BCUT2D eigenvalue weighted by molar-refractivity contribution is 6.01. The fourth-order valence-corrected chi connectivity index (χ4v) is 8.00. The van der Waals surface area contributed by atoms with E-state index in [4.69, 9.17) is 20.4 Å². The standard InChI is InChI=1S/C32H35F3N8O2/c1-41-12-7-17-13-18(36)14-19(23(17)30(41)44)26-25(34)27-24-20(37-26)5-2-6-21-28(35)38-22(33)15-43(21)29(24)40-31(39-27)45-16-32-8-3-10-42(32)11-4-9-32/h7,12-14,21-22,28,38H,2-6,8-11,15-16,36H2,1H3/t21-,22?,28?/m1/s1. The summed E-state index contributed by atoms with van der Waals surface area (Å²) >= 11 is 0. The SMILES string of the molecule is Cn1ccc2cc(N)cc(-c3nc4c5c(nc(OCC67CCCN6CCC7)nc5c3F)N3CC(F)NC(F)[C@H]3CCC4)c2c1=O. The number of halogens is 3. The van der Waals surface area contributed by atoms with Gasteiger partial charge in [-0.2, -0.15) is 9.97 Å². The van der Waals surface area contributed by atoms with Crippen LogP contribution in [0.1, 0.15) is 44.2 Å². The molecule has 3 fully saturated rings. The van der Waals surface area contributed by atoms with Crippen LogP contribution in [0, 0.1) is 5.82 Å². The number of nitrogens with zero attached hydrogens (tertiary/aromatic N) is 6. The second-order valence-electron chi connectivity index (χ2n) is 12.9. The van der Waals surface area contributed by atoms with Gasteiger partial charge >= 0.3 is 6.01 Å². The highest BCUT2D eigenvalue weighted by atomic mass is 19.2. The molecule has 4 aromatic rings. The third-order valence-corrected chi connectivity index (χ3v) is 10.2. The van der Waals surface area contributed by atoms with Crippen molar-refractivity contribution in [3.63, 3.8) is 0 Å². The Labute approximate surface area is 257 Å². The Kier molecular flexibility index (Phi) is 6.68. The van der Waals surface area contributed by atoms with Crippen LogP contribution in [-0.2, 0) is 13.5 Å². The molecule has 3 atom stereocenters. The molecule has 13 heteroatoms. The van der Waals surface area contributed by atoms with Gasteiger partial charge in [0.15, 0.2) is 18.4 Å². The van der Waals surface area contributed by atoms with E-state index >= 15 is 8.78 Å². The van der Waals surface area contributed by atoms with E-state index in [1.807, 2.05) is 0 Å². The largest absolute Gasteiger partial charge is 0.461 e. The average molecular weight is 621 g/mol. The van der Waals surface area contributed by atoms with Crippen LogP contribution in [0.15, 0.2) is 29.2 Å². The molecule has 7 heterocycles. The van der Waals surface area contributed by atoms with Gasteiger partial charge in [0, 0.05) is 24.5 Å². The minimum atomic E-state index is -1.65. The summed E-state index contributed by atoms with van der Waals surface area (Å²) in [6.07, 6.45) is 3.78. The van der Waals surface area contributed by atoms with Crippen molar-refractivity contribution in [2.45, 2.75) is 69.1 Å². The van der Waals surface area contributed by atoms with Crippen LogP contribution in [0.3, 0.4) is 0 Å². The third kappa shape index (κ3) is 4.53. The minimum absolute atomic E-state index is 0.0513. The van der Waals surface area contributed by atoms with Crippen LogP contribution in [0.4, 0.5) is 24.7 Å². The van der Waals surface area contributed by atoms with Gasteiger partial charge in [0.05, 0.1) is 34.6 Å². The molecule has 0 radical (unpaired) electrons. The van der Waals surface area contributed by atoms with Crippen molar-refractivity contribution in [1.82, 2.24) is 29.7 Å². The maximum atomic E-state index is 17.0. The number of hydrogen-bond donors (Lipinski definition) is 2. The highest BCUT2D eigenvalue weighted by Gasteiger charge is 2.45. The first-order valence-electron chi connectivity index (χ1n) is 15.7. The molecule has 4 aliphatic rings. The predicted molar refractivity (Wildman–Crippen MR) is 165 cm³/mol. The van der Waals surface area contributed by atoms with Gasteiger partial charge in [-0.25, -0.2) is 18.2 Å². The smallest absolute Gasteiger partial charge is 0.319 e. The van der Waals surface area contributed by atoms with E-state index in [2.05, 4.69) is 15.2 Å². The molecular formula is C32H35F3N8O2. The highest BCUT2D eigenvalue weighted by Crippen LogP contribution is 2.42. The van der Waals surface area contributed by atoms with Crippen molar-refractivity contribution in [1.29, 1.82) is 0 Å². The molecule has 3 aromatic heterocycles. The van der Waals surface area contributed by atoms with Crippen LogP contribution in [0.2, 0.25) is 0 Å². The number of alkyl halides is 2. The first-order valence-corrected chi connectivity index (χ1v) is 15.7. The number of anilines is 2. The lowest BCUT2D eigenvalue weighted by Crippen LogP contribution is -2.60. The number of nitrogens with two attached hydrogens (primary N) is 1. The Morgan fingerprint density at radius 3 is 2.71 bits per heavy atom. The average Bonchev–Trinajstić information content (AvgIpc) is 3.59. The molecule has 0 aliphatic carbocycles. The molecule has 3 N–H and O–H groups in total. The normalized spacial score (nSPS) is 24.4. The molecule has 0 bridgehead atoms. The van der Waals surface area contributed by atoms with Crippen molar-refractivity contribution in [3.8, 4) is 17.3 Å². The molecule has 0 spiro atoms. The van der Waals surface area contributed by atoms with Gasteiger partial charge in [-0.1, -0.05) is 0 Å². The number of nitrogen functional groups attached to an aromatic ring is 1. The summed E-state index contributed by atoms with van der Waals surface area (Å²) in [7, 11) is 1.63. The molecule has 45 heavy (non-hydrogen) atoms. The zero-order chi connectivity index (χ0) is 31.0. The Morgan fingerprint density at radius 2 is 1.91 bits per heavy atom. The van der Waals surface area contributed by atoms with Crippen molar-refractivity contribution in [2.75, 3.05) is 36.9 Å². The summed E-state index contributed by atoms with van der Waals surface area (Å²) in [5.41, 5.74) is 6.78.